The van der Waals surface area contributed by atoms with Crippen molar-refractivity contribution in [2.75, 3.05) is 0 Å². The molecule has 0 fully saturated rings. The predicted octanol–water partition coefficient (Wildman–Crippen LogP) is 3.62. The highest BCUT2D eigenvalue weighted by Crippen LogP contribution is 2.29. The van der Waals surface area contributed by atoms with Crippen LogP contribution in [0.4, 0.5) is 5.69 Å². The molecule has 3 rings (SSSR count). The minimum Gasteiger partial charge on any atom is -0.238 e. The van der Waals surface area contributed by atoms with Crippen molar-refractivity contribution in [3.8, 4) is 16.9 Å². The second-order valence-corrected chi connectivity index (χ2v) is 5.66. The Hall–Kier alpha value is -2.99. The van der Waals surface area contributed by atoms with Gasteiger partial charge in [0.25, 0.3) is 0 Å². The van der Waals surface area contributed by atoms with Gasteiger partial charge in [0.05, 0.1) is 6.57 Å². The molecule has 0 saturated carbocycles. The quantitative estimate of drug-likeness (QED) is 0.506. The number of aromatic nitrogens is 2. The largest absolute Gasteiger partial charge is 0.238 e. The first-order valence-corrected chi connectivity index (χ1v) is 7.56. The summed E-state index contributed by atoms with van der Waals surface area (Å²) in [6.45, 7) is 11.6. The van der Waals surface area contributed by atoms with Crippen molar-refractivity contribution in [2.45, 2.75) is 13.8 Å². The first kappa shape index (κ1) is 14.9. The summed E-state index contributed by atoms with van der Waals surface area (Å²) in [5.41, 5.74) is 6.20. The van der Waals surface area contributed by atoms with Gasteiger partial charge in [-0.2, -0.15) is 4.57 Å². The topological polar surface area (TPSA) is 12.1 Å². The Morgan fingerprint density at radius 2 is 1.70 bits per heavy atom. The van der Waals surface area contributed by atoms with E-state index in [4.69, 9.17) is 6.57 Å². The van der Waals surface area contributed by atoms with E-state index >= 15 is 0 Å². The Kier molecular flexibility index (Phi) is 3.91. The van der Waals surface area contributed by atoms with Gasteiger partial charge in [0.1, 0.15) is 7.05 Å². The summed E-state index contributed by atoms with van der Waals surface area (Å²) in [6.07, 6.45) is 4.07. The number of hydrogen-bond acceptors (Lipinski definition) is 0. The second kappa shape index (κ2) is 6.02. The molecule has 0 saturated heterocycles. The molecule has 0 aliphatic heterocycles. The standard InChI is InChI=1S/C20H19N3/c1-15-9-5-8-12-23(15)20-14-17(21-3)13-18(16(20)2)19-10-6-7-11-22(19)4/h5-14H,1-2,4H3/q+2. The van der Waals surface area contributed by atoms with Crippen molar-refractivity contribution in [3.63, 3.8) is 0 Å². The van der Waals surface area contributed by atoms with Crippen LogP contribution in [0.25, 0.3) is 21.8 Å². The van der Waals surface area contributed by atoms with Crippen molar-refractivity contribution in [3.05, 3.63) is 83.6 Å². The van der Waals surface area contributed by atoms with Crippen molar-refractivity contribution in [1.29, 1.82) is 0 Å². The fourth-order valence-corrected chi connectivity index (χ4v) is 2.87. The first-order valence-electron chi connectivity index (χ1n) is 7.56. The van der Waals surface area contributed by atoms with E-state index in [1.54, 1.807) is 0 Å². The minimum atomic E-state index is 0.653. The monoisotopic (exact) mass is 301 g/mol. The third-order valence-corrected chi connectivity index (χ3v) is 4.15. The summed E-state index contributed by atoms with van der Waals surface area (Å²) in [6, 6.07) is 16.2. The fraction of sp³-hybridized carbons (Fsp3) is 0.150. The Morgan fingerprint density at radius 3 is 2.39 bits per heavy atom. The third kappa shape index (κ3) is 2.72. The molecule has 3 heteroatoms. The number of hydrogen-bond donors (Lipinski definition) is 0. The molecule has 0 atom stereocenters. The van der Waals surface area contributed by atoms with Gasteiger partial charge >= 0.3 is 0 Å². The number of benzene rings is 1. The predicted molar refractivity (Wildman–Crippen MR) is 90.3 cm³/mol. The molecule has 0 unspecified atom stereocenters. The van der Waals surface area contributed by atoms with E-state index in [0.29, 0.717) is 5.69 Å². The Bertz CT molecular complexity index is 854. The lowest BCUT2D eigenvalue weighted by Crippen LogP contribution is -2.35. The molecule has 0 bridgehead atoms. The molecular weight excluding hydrogens is 282 g/mol. The van der Waals surface area contributed by atoms with E-state index in [1.165, 1.54) is 5.56 Å². The molecule has 3 aromatic rings. The first-order chi connectivity index (χ1) is 11.1. The van der Waals surface area contributed by atoms with Crippen LogP contribution in [0.3, 0.4) is 0 Å². The molecule has 2 aromatic heterocycles. The summed E-state index contributed by atoms with van der Waals surface area (Å²) in [5, 5.41) is 0. The van der Waals surface area contributed by atoms with E-state index in [-0.39, 0.29) is 0 Å². The van der Waals surface area contributed by atoms with Crippen LogP contribution >= 0.6 is 0 Å². The summed E-state index contributed by atoms with van der Waals surface area (Å²) in [4.78, 5) is 3.67. The van der Waals surface area contributed by atoms with Crippen LogP contribution in [0.15, 0.2) is 60.9 Å². The summed E-state index contributed by atoms with van der Waals surface area (Å²) < 4.78 is 4.22. The van der Waals surface area contributed by atoms with E-state index in [1.807, 2.05) is 55.8 Å². The molecule has 3 nitrogen and oxygen atoms in total. The molecule has 0 amide bonds. The molecule has 0 spiro atoms. The maximum absolute atomic E-state index is 7.45. The summed E-state index contributed by atoms with van der Waals surface area (Å²) >= 11 is 0. The zero-order chi connectivity index (χ0) is 16.4. The zero-order valence-electron chi connectivity index (χ0n) is 13.6. The van der Waals surface area contributed by atoms with Crippen LogP contribution in [0, 0.1) is 20.4 Å². The van der Waals surface area contributed by atoms with Crippen molar-refractivity contribution in [1.82, 2.24) is 0 Å². The molecule has 0 aliphatic carbocycles. The van der Waals surface area contributed by atoms with Gasteiger partial charge in [-0.15, -0.1) is 0 Å². The van der Waals surface area contributed by atoms with Gasteiger partial charge in [-0.25, -0.2) is 9.41 Å². The van der Waals surface area contributed by atoms with Crippen molar-refractivity contribution in [2.24, 2.45) is 7.05 Å². The van der Waals surface area contributed by atoms with E-state index < -0.39 is 0 Å². The average Bonchev–Trinajstić information content (AvgIpc) is 2.57. The number of pyridine rings is 2. The Balaban J connectivity index is 2.32. The number of rotatable bonds is 2. The molecular formula is C20H19N3+2. The molecule has 0 radical (unpaired) electrons. The molecule has 23 heavy (non-hydrogen) atoms. The van der Waals surface area contributed by atoms with Crippen LogP contribution < -0.4 is 9.13 Å². The highest BCUT2D eigenvalue weighted by molar-refractivity contribution is 5.71. The van der Waals surface area contributed by atoms with Gasteiger partial charge in [-0.3, -0.25) is 0 Å². The second-order valence-electron chi connectivity index (χ2n) is 5.66. The van der Waals surface area contributed by atoms with E-state index in [9.17, 15) is 0 Å². The van der Waals surface area contributed by atoms with Gasteiger partial charge in [-0.1, -0.05) is 6.07 Å². The molecule has 112 valence electrons. The zero-order valence-corrected chi connectivity index (χ0v) is 13.6. The molecule has 0 aliphatic rings. The van der Waals surface area contributed by atoms with Crippen molar-refractivity contribution >= 4 is 5.69 Å². The normalized spacial score (nSPS) is 10.3. The third-order valence-electron chi connectivity index (χ3n) is 4.15. The van der Waals surface area contributed by atoms with Crippen LogP contribution in [0.2, 0.25) is 0 Å². The Morgan fingerprint density at radius 1 is 0.957 bits per heavy atom. The van der Waals surface area contributed by atoms with Crippen molar-refractivity contribution < 1.29 is 9.13 Å². The van der Waals surface area contributed by atoms with E-state index in [0.717, 1.165) is 22.6 Å². The minimum absolute atomic E-state index is 0.653. The molecule has 0 N–H and O–H groups in total. The lowest BCUT2D eigenvalue weighted by atomic mass is 10.0. The average molecular weight is 301 g/mol. The van der Waals surface area contributed by atoms with Crippen LogP contribution in [-0.2, 0) is 7.05 Å². The van der Waals surface area contributed by atoms with Crippen LogP contribution in [0.1, 0.15) is 11.3 Å². The Labute approximate surface area is 136 Å². The number of aryl methyl sites for hydroxylation is 2. The fourth-order valence-electron chi connectivity index (χ4n) is 2.87. The lowest BCUT2D eigenvalue weighted by Gasteiger charge is -2.09. The highest BCUT2D eigenvalue weighted by atomic mass is 15.0. The smallest absolute Gasteiger partial charge is 0.211 e. The van der Waals surface area contributed by atoms with Gasteiger partial charge in [-0.05, 0) is 19.1 Å². The van der Waals surface area contributed by atoms with Gasteiger partial charge in [0.2, 0.25) is 11.4 Å². The molecule has 2 heterocycles. The van der Waals surface area contributed by atoms with Gasteiger partial charge < -0.3 is 0 Å². The molecule has 1 aromatic carbocycles. The summed E-state index contributed by atoms with van der Waals surface area (Å²) in [5.74, 6) is 0. The maximum atomic E-state index is 7.45. The number of nitrogens with zero attached hydrogens (tertiary/aromatic N) is 3. The SMILES string of the molecule is [C-]#[N+]c1cc(-c2cccc[n+]2C)c(C)c(-[n+]2ccccc2C)c1. The lowest BCUT2D eigenvalue weighted by molar-refractivity contribution is -0.660. The highest BCUT2D eigenvalue weighted by Gasteiger charge is 2.21. The maximum Gasteiger partial charge on any atom is 0.211 e. The van der Waals surface area contributed by atoms with E-state index in [2.05, 4.69) is 40.0 Å². The van der Waals surface area contributed by atoms with Crippen LogP contribution in [-0.4, -0.2) is 0 Å². The van der Waals surface area contributed by atoms with Crippen LogP contribution in [0.5, 0.6) is 0 Å². The summed E-state index contributed by atoms with van der Waals surface area (Å²) in [7, 11) is 2.03. The van der Waals surface area contributed by atoms with Gasteiger partial charge in [0.15, 0.2) is 23.8 Å². The van der Waals surface area contributed by atoms with Gasteiger partial charge in [0, 0.05) is 48.4 Å².